The fourth-order valence-corrected chi connectivity index (χ4v) is 3.54. The molecule has 0 aromatic carbocycles. The Morgan fingerprint density at radius 1 is 0.781 bits per heavy atom. The summed E-state index contributed by atoms with van der Waals surface area (Å²) in [7, 11) is -12.7. The molecule has 0 aliphatic heterocycles. The Labute approximate surface area is 169 Å². The molecule has 0 bridgehead atoms. The molecular formula is C10H11F13NO6PS. The number of nitrogens with zero attached hydrogens (tertiary/aromatic N) is 1. The first-order chi connectivity index (χ1) is 13.7. The van der Waals surface area contributed by atoms with Crippen LogP contribution in [-0.2, 0) is 19.1 Å². The normalized spacial score (nSPS) is 16.0. The lowest BCUT2D eigenvalue weighted by molar-refractivity contribution is -0.433. The fourth-order valence-electron chi connectivity index (χ4n) is 1.79. The molecule has 0 aromatic rings. The van der Waals surface area contributed by atoms with Crippen molar-refractivity contribution >= 4 is 17.8 Å². The molecule has 0 radical (unpaired) electrons. The van der Waals surface area contributed by atoms with E-state index in [4.69, 9.17) is 9.79 Å². The second kappa shape index (κ2) is 8.71. The molecule has 2 N–H and O–H groups in total. The van der Waals surface area contributed by atoms with E-state index in [0.717, 1.165) is 0 Å². The molecule has 0 unspecified atom stereocenters. The number of rotatable bonds is 11. The van der Waals surface area contributed by atoms with E-state index in [-0.39, 0.29) is 0 Å². The van der Waals surface area contributed by atoms with Crippen molar-refractivity contribution < 1.29 is 84.4 Å². The standard InChI is InChI=1S/C10H11F13NO6PS/c1-2-24(3-4-30-31(25,26)27)32(28,29)10(22,23)8(17,18)6(13,14)5(11,12)7(15,16)9(19,20)21/h2-4H2,1H3,(H2,25,26,27). The maximum atomic E-state index is 13.9. The molecule has 0 aromatic heterocycles. The van der Waals surface area contributed by atoms with Gasteiger partial charge in [0.25, 0.3) is 10.0 Å². The number of likely N-dealkylation sites (N-methyl/N-ethyl adjacent to an activating group) is 1. The van der Waals surface area contributed by atoms with Crippen molar-refractivity contribution in [3.63, 3.8) is 0 Å². The molecule has 0 spiro atoms. The summed E-state index contributed by atoms with van der Waals surface area (Å²) in [6.07, 6.45) is -7.65. The van der Waals surface area contributed by atoms with Crippen LogP contribution in [0.15, 0.2) is 0 Å². The van der Waals surface area contributed by atoms with E-state index in [0.29, 0.717) is 6.92 Å². The van der Waals surface area contributed by atoms with Crippen molar-refractivity contribution in [2.75, 3.05) is 19.7 Å². The van der Waals surface area contributed by atoms with Gasteiger partial charge in [-0.2, -0.15) is 61.4 Å². The average molecular weight is 551 g/mol. The molecule has 0 heterocycles. The van der Waals surface area contributed by atoms with E-state index in [1.54, 1.807) is 0 Å². The van der Waals surface area contributed by atoms with Crippen LogP contribution in [-0.4, -0.2) is 77.3 Å². The highest BCUT2D eigenvalue weighted by molar-refractivity contribution is 7.90. The van der Waals surface area contributed by atoms with Crippen molar-refractivity contribution in [3.05, 3.63) is 0 Å². The average Bonchev–Trinajstić information content (AvgIpc) is 2.55. The molecule has 0 fully saturated rings. The van der Waals surface area contributed by atoms with Gasteiger partial charge in [0.2, 0.25) is 0 Å². The summed E-state index contributed by atoms with van der Waals surface area (Å²) in [4.78, 5) is 16.7. The van der Waals surface area contributed by atoms with Gasteiger partial charge in [-0.3, -0.25) is 4.52 Å². The first kappa shape index (κ1) is 31.1. The zero-order chi connectivity index (χ0) is 26.4. The Balaban J connectivity index is 6.43. The molecule has 7 nitrogen and oxygen atoms in total. The second-order valence-corrected chi connectivity index (χ2v) is 8.85. The van der Waals surface area contributed by atoms with Crippen LogP contribution in [0.1, 0.15) is 6.92 Å². The lowest BCUT2D eigenvalue weighted by Gasteiger charge is -2.40. The van der Waals surface area contributed by atoms with Crippen LogP contribution in [0, 0.1) is 0 Å². The number of alkyl halides is 13. The largest absolute Gasteiger partial charge is 0.469 e. The van der Waals surface area contributed by atoms with E-state index in [9.17, 15) is 70.1 Å². The third-order valence-electron chi connectivity index (χ3n) is 3.52. The fraction of sp³-hybridized carbons (Fsp3) is 1.00. The first-order valence-electron chi connectivity index (χ1n) is 7.32. The second-order valence-electron chi connectivity index (χ2n) is 5.63. The predicted octanol–water partition coefficient (Wildman–Crippen LogP) is 3.44. The summed E-state index contributed by atoms with van der Waals surface area (Å²) in [5, 5.41) is -7.44. The Kier molecular flexibility index (Phi) is 8.47. The van der Waals surface area contributed by atoms with Crippen LogP contribution in [0.2, 0.25) is 0 Å². The summed E-state index contributed by atoms with van der Waals surface area (Å²) < 4.78 is 206. The van der Waals surface area contributed by atoms with Gasteiger partial charge in [-0.25, -0.2) is 13.0 Å². The van der Waals surface area contributed by atoms with E-state index < -0.39 is 77.0 Å². The molecule has 0 aliphatic rings. The monoisotopic (exact) mass is 551 g/mol. The minimum atomic E-state index is -8.31. The van der Waals surface area contributed by atoms with E-state index in [1.807, 2.05) is 0 Å². The van der Waals surface area contributed by atoms with Crippen LogP contribution in [0.5, 0.6) is 0 Å². The zero-order valence-corrected chi connectivity index (χ0v) is 16.6. The molecule has 0 amide bonds. The van der Waals surface area contributed by atoms with E-state index in [2.05, 4.69) is 4.52 Å². The lowest BCUT2D eigenvalue weighted by Crippen LogP contribution is -2.71. The quantitative estimate of drug-likeness (QED) is 0.302. The molecule has 0 atom stereocenters. The van der Waals surface area contributed by atoms with Crippen molar-refractivity contribution in [1.29, 1.82) is 0 Å². The van der Waals surface area contributed by atoms with Crippen molar-refractivity contribution in [1.82, 2.24) is 4.31 Å². The Hall–Kier alpha value is -0.890. The van der Waals surface area contributed by atoms with E-state index >= 15 is 0 Å². The third-order valence-corrected chi connectivity index (χ3v) is 6.07. The summed E-state index contributed by atoms with van der Waals surface area (Å²) in [5.74, 6) is -32.7. The number of hydrogen-bond donors (Lipinski definition) is 2. The zero-order valence-electron chi connectivity index (χ0n) is 14.9. The van der Waals surface area contributed by atoms with Crippen molar-refractivity contribution in [2.24, 2.45) is 0 Å². The number of phosphoric acid groups is 1. The summed E-state index contributed by atoms with van der Waals surface area (Å²) in [6, 6.07) is 0. The van der Waals surface area contributed by atoms with Crippen LogP contribution >= 0.6 is 7.82 Å². The lowest BCUT2D eigenvalue weighted by atomic mass is 9.98. The summed E-state index contributed by atoms with van der Waals surface area (Å²) in [6.45, 7) is -4.11. The van der Waals surface area contributed by atoms with Gasteiger partial charge >= 0.3 is 42.9 Å². The molecule has 0 rings (SSSR count). The van der Waals surface area contributed by atoms with Gasteiger partial charge in [0.05, 0.1) is 6.61 Å². The molecular weight excluding hydrogens is 540 g/mol. The third kappa shape index (κ3) is 4.96. The minimum Gasteiger partial charge on any atom is -0.303 e. The highest BCUT2D eigenvalue weighted by Crippen LogP contribution is 2.61. The Morgan fingerprint density at radius 3 is 1.47 bits per heavy atom. The molecule has 0 aliphatic carbocycles. The van der Waals surface area contributed by atoms with Gasteiger partial charge in [-0.05, 0) is 0 Å². The number of phosphoric ester groups is 1. The number of sulfonamides is 1. The van der Waals surface area contributed by atoms with Gasteiger partial charge in [0, 0.05) is 13.1 Å². The van der Waals surface area contributed by atoms with Crippen LogP contribution < -0.4 is 0 Å². The van der Waals surface area contributed by atoms with Crippen LogP contribution in [0.4, 0.5) is 57.1 Å². The summed E-state index contributed by atoms with van der Waals surface area (Å²) >= 11 is 0. The topological polar surface area (TPSA) is 104 Å². The molecule has 32 heavy (non-hydrogen) atoms. The van der Waals surface area contributed by atoms with Gasteiger partial charge in [-0.1, -0.05) is 6.92 Å². The van der Waals surface area contributed by atoms with Gasteiger partial charge in [0.15, 0.2) is 0 Å². The van der Waals surface area contributed by atoms with Crippen molar-refractivity contribution in [3.8, 4) is 0 Å². The highest BCUT2D eigenvalue weighted by atomic mass is 32.2. The van der Waals surface area contributed by atoms with Crippen LogP contribution in [0.3, 0.4) is 0 Å². The smallest absolute Gasteiger partial charge is 0.303 e. The minimum absolute atomic E-state index is 0.536. The molecule has 0 saturated carbocycles. The maximum absolute atomic E-state index is 13.9. The molecule has 194 valence electrons. The SMILES string of the molecule is CCN(CCOP(=O)(O)O)S(=O)(=O)C(F)(F)C(F)(F)C(F)(F)C(F)(F)C(F)(F)C(F)(F)F. The predicted molar refractivity (Wildman–Crippen MR) is 75.0 cm³/mol. The molecule has 22 heteroatoms. The molecule has 0 saturated heterocycles. The van der Waals surface area contributed by atoms with Gasteiger partial charge < -0.3 is 9.79 Å². The van der Waals surface area contributed by atoms with Gasteiger partial charge in [-0.15, -0.1) is 0 Å². The number of hydrogen-bond acceptors (Lipinski definition) is 4. The first-order valence-corrected chi connectivity index (χ1v) is 10.3. The van der Waals surface area contributed by atoms with Crippen LogP contribution in [0.25, 0.3) is 0 Å². The maximum Gasteiger partial charge on any atom is 0.469 e. The Morgan fingerprint density at radius 2 is 1.16 bits per heavy atom. The van der Waals surface area contributed by atoms with Crippen molar-refractivity contribution in [2.45, 2.75) is 42.0 Å². The number of halogens is 13. The van der Waals surface area contributed by atoms with Gasteiger partial charge in [0.1, 0.15) is 0 Å². The Bertz CT molecular complexity index is 824. The highest BCUT2D eigenvalue weighted by Gasteiger charge is 2.92. The summed E-state index contributed by atoms with van der Waals surface area (Å²) in [5.41, 5.74) is 0. The van der Waals surface area contributed by atoms with E-state index in [1.165, 1.54) is 0 Å².